The Morgan fingerprint density at radius 3 is 2.39 bits per heavy atom. The number of amides is 2. The van der Waals surface area contributed by atoms with Crippen LogP contribution in [0.1, 0.15) is 23.7 Å². The summed E-state index contributed by atoms with van der Waals surface area (Å²) in [6.45, 7) is 3.52. The number of anilines is 1. The van der Waals surface area contributed by atoms with Crippen molar-refractivity contribution in [2.45, 2.75) is 13.3 Å². The normalized spacial score (nSPS) is 9.89. The van der Waals surface area contributed by atoms with Gasteiger partial charge in [0.25, 0.3) is 5.91 Å². The van der Waals surface area contributed by atoms with Crippen LogP contribution in [0, 0.1) is 0 Å². The van der Waals surface area contributed by atoms with E-state index in [1.54, 1.807) is 31.3 Å². The first-order chi connectivity index (χ1) is 8.67. The topological polar surface area (TPSA) is 70.2 Å². The van der Waals surface area contributed by atoms with Gasteiger partial charge >= 0.3 is 0 Å². The number of benzene rings is 1. The van der Waals surface area contributed by atoms with Crippen LogP contribution in [0.25, 0.3) is 0 Å². The molecule has 3 N–H and O–H groups in total. The van der Waals surface area contributed by atoms with Crippen molar-refractivity contribution in [3.05, 3.63) is 29.8 Å². The molecule has 0 heterocycles. The van der Waals surface area contributed by atoms with Crippen LogP contribution < -0.4 is 16.0 Å². The number of nitrogens with one attached hydrogen (secondary N) is 3. The van der Waals surface area contributed by atoms with E-state index in [0.717, 1.165) is 6.54 Å². The molecular formula is C13H19N3O2. The molecule has 0 aliphatic heterocycles. The molecule has 0 radical (unpaired) electrons. The Morgan fingerprint density at radius 2 is 1.83 bits per heavy atom. The molecule has 0 saturated heterocycles. The zero-order valence-corrected chi connectivity index (χ0v) is 10.7. The summed E-state index contributed by atoms with van der Waals surface area (Å²) in [7, 11) is 1.58. The van der Waals surface area contributed by atoms with E-state index < -0.39 is 0 Å². The second kappa shape index (κ2) is 7.45. The zero-order chi connectivity index (χ0) is 13.4. The lowest BCUT2D eigenvalue weighted by molar-refractivity contribution is -0.116. The third-order valence-electron chi connectivity index (χ3n) is 2.44. The summed E-state index contributed by atoms with van der Waals surface area (Å²) in [5, 5.41) is 8.40. The van der Waals surface area contributed by atoms with E-state index in [9.17, 15) is 9.59 Å². The van der Waals surface area contributed by atoms with E-state index in [1.807, 2.05) is 6.92 Å². The third-order valence-corrected chi connectivity index (χ3v) is 2.44. The summed E-state index contributed by atoms with van der Waals surface area (Å²) >= 11 is 0. The van der Waals surface area contributed by atoms with Crippen molar-refractivity contribution >= 4 is 17.5 Å². The van der Waals surface area contributed by atoms with Crippen LogP contribution in [0.4, 0.5) is 5.69 Å². The molecule has 0 atom stereocenters. The van der Waals surface area contributed by atoms with Crippen LogP contribution in [-0.4, -0.2) is 32.0 Å². The highest BCUT2D eigenvalue weighted by Crippen LogP contribution is 2.09. The van der Waals surface area contributed by atoms with Crippen molar-refractivity contribution in [1.82, 2.24) is 10.6 Å². The van der Waals surface area contributed by atoms with E-state index in [2.05, 4.69) is 16.0 Å². The Morgan fingerprint density at radius 1 is 1.17 bits per heavy atom. The van der Waals surface area contributed by atoms with Gasteiger partial charge in [-0.1, -0.05) is 6.92 Å². The van der Waals surface area contributed by atoms with Gasteiger partial charge in [0.1, 0.15) is 0 Å². The summed E-state index contributed by atoms with van der Waals surface area (Å²) in [5.74, 6) is -0.177. The zero-order valence-electron chi connectivity index (χ0n) is 10.7. The molecule has 0 aromatic heterocycles. The summed E-state index contributed by atoms with van der Waals surface area (Å²) in [6.07, 6.45) is 0.436. The SMILES string of the molecule is CCNCCC(=O)Nc1ccc(C(=O)NC)cc1. The maximum absolute atomic E-state index is 11.5. The van der Waals surface area contributed by atoms with Gasteiger partial charge in [0.2, 0.25) is 5.91 Å². The van der Waals surface area contributed by atoms with Gasteiger partial charge in [-0.25, -0.2) is 0 Å². The third kappa shape index (κ3) is 4.55. The number of rotatable bonds is 6. The van der Waals surface area contributed by atoms with Crippen LogP contribution in [0.15, 0.2) is 24.3 Å². The molecule has 18 heavy (non-hydrogen) atoms. The smallest absolute Gasteiger partial charge is 0.251 e. The Kier molecular flexibility index (Phi) is 5.87. The monoisotopic (exact) mass is 249 g/mol. The molecule has 0 bridgehead atoms. The molecule has 0 aliphatic carbocycles. The van der Waals surface area contributed by atoms with Crippen LogP contribution in [0.2, 0.25) is 0 Å². The van der Waals surface area contributed by atoms with Crippen molar-refractivity contribution in [2.75, 3.05) is 25.5 Å². The van der Waals surface area contributed by atoms with Gasteiger partial charge in [0.05, 0.1) is 0 Å². The Bertz CT molecular complexity index is 401. The first-order valence-corrected chi connectivity index (χ1v) is 6.00. The first-order valence-electron chi connectivity index (χ1n) is 6.00. The molecule has 5 heteroatoms. The predicted octanol–water partition coefficient (Wildman–Crippen LogP) is 0.984. The lowest BCUT2D eigenvalue weighted by atomic mass is 10.2. The van der Waals surface area contributed by atoms with Crippen LogP contribution in [-0.2, 0) is 4.79 Å². The van der Waals surface area contributed by atoms with Crippen molar-refractivity contribution < 1.29 is 9.59 Å². The molecule has 2 amide bonds. The van der Waals surface area contributed by atoms with E-state index >= 15 is 0 Å². The minimum Gasteiger partial charge on any atom is -0.355 e. The molecule has 1 rings (SSSR count). The molecular weight excluding hydrogens is 230 g/mol. The number of hydrogen-bond acceptors (Lipinski definition) is 3. The summed E-state index contributed by atoms with van der Waals surface area (Å²) in [6, 6.07) is 6.79. The second-order valence-electron chi connectivity index (χ2n) is 3.81. The van der Waals surface area contributed by atoms with Crippen molar-refractivity contribution in [1.29, 1.82) is 0 Å². The van der Waals surface area contributed by atoms with Gasteiger partial charge in [0, 0.05) is 31.3 Å². The van der Waals surface area contributed by atoms with Crippen LogP contribution >= 0.6 is 0 Å². The van der Waals surface area contributed by atoms with Crippen LogP contribution in [0.5, 0.6) is 0 Å². The average molecular weight is 249 g/mol. The highest BCUT2D eigenvalue weighted by Gasteiger charge is 2.04. The fourth-order valence-corrected chi connectivity index (χ4v) is 1.45. The van der Waals surface area contributed by atoms with Gasteiger partial charge in [-0.15, -0.1) is 0 Å². The van der Waals surface area contributed by atoms with E-state index in [1.165, 1.54) is 0 Å². The standard InChI is InChI=1S/C13H19N3O2/c1-3-15-9-8-12(17)16-11-6-4-10(5-7-11)13(18)14-2/h4-7,15H,3,8-9H2,1-2H3,(H,14,18)(H,16,17). The fraction of sp³-hybridized carbons (Fsp3) is 0.385. The highest BCUT2D eigenvalue weighted by molar-refractivity contribution is 5.95. The Labute approximate surface area is 107 Å². The number of carbonyl (C=O) groups excluding carboxylic acids is 2. The van der Waals surface area contributed by atoms with Gasteiger partial charge in [-0.05, 0) is 30.8 Å². The number of hydrogen-bond donors (Lipinski definition) is 3. The van der Waals surface area contributed by atoms with E-state index in [4.69, 9.17) is 0 Å². The summed E-state index contributed by atoms with van der Waals surface area (Å²) in [4.78, 5) is 22.8. The molecule has 1 aromatic rings. The molecule has 5 nitrogen and oxygen atoms in total. The van der Waals surface area contributed by atoms with Crippen molar-refractivity contribution in [3.63, 3.8) is 0 Å². The van der Waals surface area contributed by atoms with Crippen molar-refractivity contribution in [2.24, 2.45) is 0 Å². The molecule has 0 unspecified atom stereocenters. The molecule has 0 saturated carbocycles. The molecule has 1 aromatic carbocycles. The van der Waals surface area contributed by atoms with E-state index in [0.29, 0.717) is 24.2 Å². The second-order valence-corrected chi connectivity index (χ2v) is 3.81. The van der Waals surface area contributed by atoms with Gasteiger partial charge < -0.3 is 16.0 Å². The largest absolute Gasteiger partial charge is 0.355 e. The fourth-order valence-electron chi connectivity index (χ4n) is 1.45. The van der Waals surface area contributed by atoms with Gasteiger partial charge in [-0.2, -0.15) is 0 Å². The molecule has 0 aliphatic rings. The van der Waals surface area contributed by atoms with Gasteiger partial charge in [-0.3, -0.25) is 9.59 Å². The minimum absolute atomic E-state index is 0.0383. The summed E-state index contributed by atoms with van der Waals surface area (Å²) < 4.78 is 0. The molecule has 0 fully saturated rings. The van der Waals surface area contributed by atoms with E-state index in [-0.39, 0.29) is 11.8 Å². The summed E-state index contributed by atoms with van der Waals surface area (Å²) in [5.41, 5.74) is 1.27. The maximum Gasteiger partial charge on any atom is 0.251 e. The average Bonchev–Trinajstić information content (AvgIpc) is 2.39. The highest BCUT2D eigenvalue weighted by atomic mass is 16.2. The Hall–Kier alpha value is -1.88. The molecule has 0 spiro atoms. The van der Waals surface area contributed by atoms with Crippen LogP contribution in [0.3, 0.4) is 0 Å². The minimum atomic E-state index is -0.139. The lowest BCUT2D eigenvalue weighted by Gasteiger charge is -2.06. The Balaban J connectivity index is 2.48. The lowest BCUT2D eigenvalue weighted by Crippen LogP contribution is -2.21. The molecule has 98 valence electrons. The maximum atomic E-state index is 11.5. The number of carbonyl (C=O) groups is 2. The van der Waals surface area contributed by atoms with Gasteiger partial charge in [0.15, 0.2) is 0 Å². The van der Waals surface area contributed by atoms with Crippen molar-refractivity contribution in [3.8, 4) is 0 Å². The predicted molar refractivity (Wildman–Crippen MR) is 71.6 cm³/mol. The quantitative estimate of drug-likeness (QED) is 0.658. The first kappa shape index (κ1) is 14.2.